The van der Waals surface area contributed by atoms with Crippen molar-refractivity contribution in [3.63, 3.8) is 0 Å². The van der Waals surface area contributed by atoms with Crippen LogP contribution in [0.2, 0.25) is 5.02 Å². The number of nitrogens with one attached hydrogen (secondary N) is 2. The van der Waals surface area contributed by atoms with E-state index in [1.807, 2.05) is 0 Å². The number of amides is 2. The topological polar surface area (TPSA) is 116 Å². The molecule has 2 heterocycles. The summed E-state index contributed by atoms with van der Waals surface area (Å²) < 4.78 is 31.6. The van der Waals surface area contributed by atoms with Gasteiger partial charge in [-0.3, -0.25) is 9.59 Å². The van der Waals surface area contributed by atoms with Gasteiger partial charge < -0.3 is 24.8 Å². The van der Waals surface area contributed by atoms with E-state index in [9.17, 15) is 14.4 Å². The number of methoxy groups -OCH3 is 3. The summed E-state index contributed by atoms with van der Waals surface area (Å²) >= 11 is 6.30. The van der Waals surface area contributed by atoms with Crippen LogP contribution in [-0.4, -0.2) is 44.1 Å². The van der Waals surface area contributed by atoms with Crippen molar-refractivity contribution in [1.82, 2.24) is 4.98 Å². The first-order valence-electron chi connectivity index (χ1n) is 14.2. The van der Waals surface area contributed by atoms with Crippen molar-refractivity contribution in [1.29, 1.82) is 0 Å². The van der Waals surface area contributed by atoms with Crippen molar-refractivity contribution in [3.05, 3.63) is 76.2 Å². The third-order valence-corrected chi connectivity index (χ3v) is 8.92. The smallest absolute Gasteiger partial charge is 0.337 e. The second kappa shape index (κ2) is 11.7. The predicted octanol–water partition coefficient (Wildman–Crippen LogP) is 6.36. The van der Waals surface area contributed by atoms with E-state index in [1.54, 1.807) is 30.5 Å². The zero-order valence-corrected chi connectivity index (χ0v) is 26.2. The predicted molar refractivity (Wildman–Crippen MR) is 164 cm³/mol. The number of hydrogen-bond acceptors (Lipinski definition) is 7. The molecule has 2 aromatic carbocycles. The molecule has 3 aromatic rings. The third kappa shape index (κ3) is 5.25. The standard InChI is InChI=1S/C33H35ClFN3O6/c1-32(2,3)15-18-13-20(29(39)37-23-11-10-17(30(40)44-6)12-25(23)42-4)27(19-8-7-9-22(34)28(19)35)33(18)21-16-36-26(43-5)14-24(21)38-31(33)41/h7-12,14,16,18,20,27H,13,15H2,1-6H3,(H,37,39)(H,38,41)/t18-,20+,27-,33-/m0/s1. The number of ether oxygens (including phenoxy) is 3. The molecule has 0 bridgehead atoms. The highest BCUT2D eigenvalue weighted by Gasteiger charge is 2.66. The molecule has 0 unspecified atom stereocenters. The maximum atomic E-state index is 16.0. The van der Waals surface area contributed by atoms with Gasteiger partial charge in [-0.1, -0.05) is 44.5 Å². The fourth-order valence-corrected chi connectivity index (χ4v) is 7.15. The minimum Gasteiger partial charge on any atom is -0.495 e. The van der Waals surface area contributed by atoms with Crippen LogP contribution in [0, 0.1) is 23.1 Å². The molecule has 11 heteroatoms. The van der Waals surface area contributed by atoms with E-state index in [-0.39, 0.29) is 45.6 Å². The number of fused-ring (bicyclic) bond motifs is 2. The molecule has 44 heavy (non-hydrogen) atoms. The quantitative estimate of drug-likeness (QED) is 0.294. The van der Waals surface area contributed by atoms with Gasteiger partial charge in [0.15, 0.2) is 0 Å². The van der Waals surface area contributed by atoms with Gasteiger partial charge in [0.05, 0.1) is 48.7 Å². The van der Waals surface area contributed by atoms with Crippen LogP contribution in [0.5, 0.6) is 11.6 Å². The van der Waals surface area contributed by atoms with Crippen LogP contribution in [0.3, 0.4) is 0 Å². The summed E-state index contributed by atoms with van der Waals surface area (Å²) in [6, 6.07) is 10.8. The number of hydrogen-bond donors (Lipinski definition) is 2. The lowest BCUT2D eigenvalue weighted by atomic mass is 9.62. The largest absolute Gasteiger partial charge is 0.495 e. The third-order valence-electron chi connectivity index (χ3n) is 8.63. The van der Waals surface area contributed by atoms with E-state index in [4.69, 9.17) is 25.8 Å². The van der Waals surface area contributed by atoms with Crippen LogP contribution < -0.4 is 20.1 Å². The Kier molecular flexibility index (Phi) is 8.33. The summed E-state index contributed by atoms with van der Waals surface area (Å²) in [6.45, 7) is 6.20. The normalized spacial score (nSPS) is 22.4. The molecule has 1 spiro atoms. The van der Waals surface area contributed by atoms with Crippen LogP contribution in [0.25, 0.3) is 0 Å². The van der Waals surface area contributed by atoms with Crippen molar-refractivity contribution in [2.75, 3.05) is 32.0 Å². The fourth-order valence-electron chi connectivity index (χ4n) is 6.97. The van der Waals surface area contributed by atoms with E-state index < -0.39 is 34.9 Å². The van der Waals surface area contributed by atoms with Gasteiger partial charge in [0, 0.05) is 29.7 Å². The second-order valence-corrected chi connectivity index (χ2v) is 12.8. The number of carbonyl (C=O) groups is 3. The van der Waals surface area contributed by atoms with Crippen LogP contribution in [0.1, 0.15) is 61.0 Å². The Hall–Kier alpha value is -4.18. The lowest BCUT2D eigenvalue weighted by Gasteiger charge is -2.38. The molecule has 0 radical (unpaired) electrons. The first-order valence-corrected chi connectivity index (χ1v) is 14.6. The van der Waals surface area contributed by atoms with Crippen molar-refractivity contribution in [3.8, 4) is 11.6 Å². The minimum atomic E-state index is -1.34. The summed E-state index contributed by atoms with van der Waals surface area (Å²) in [7, 11) is 4.17. The van der Waals surface area contributed by atoms with Crippen LogP contribution in [0.15, 0.2) is 48.7 Å². The molecule has 1 aliphatic carbocycles. The van der Waals surface area contributed by atoms with Crippen LogP contribution in [-0.2, 0) is 19.7 Å². The molecule has 4 atom stereocenters. The molecular formula is C33H35ClFN3O6. The molecule has 2 aliphatic rings. The van der Waals surface area contributed by atoms with Gasteiger partial charge in [-0.2, -0.15) is 0 Å². The summed E-state index contributed by atoms with van der Waals surface area (Å²) in [4.78, 5) is 45.2. The van der Waals surface area contributed by atoms with E-state index in [1.165, 1.54) is 39.5 Å². The minimum absolute atomic E-state index is 0.109. The second-order valence-electron chi connectivity index (χ2n) is 12.4. The molecule has 232 valence electrons. The van der Waals surface area contributed by atoms with Crippen molar-refractivity contribution in [2.24, 2.45) is 17.3 Å². The fraction of sp³-hybridized carbons (Fsp3) is 0.394. The molecule has 0 saturated heterocycles. The molecule has 5 rings (SSSR count). The van der Waals surface area contributed by atoms with Gasteiger partial charge in [-0.25, -0.2) is 14.2 Å². The number of esters is 1. The number of halogens is 2. The molecule has 1 saturated carbocycles. The summed E-state index contributed by atoms with van der Waals surface area (Å²) in [6.07, 6.45) is 2.43. The average molecular weight is 624 g/mol. The van der Waals surface area contributed by atoms with Gasteiger partial charge >= 0.3 is 5.97 Å². The Morgan fingerprint density at radius 1 is 1.14 bits per heavy atom. The Balaban J connectivity index is 1.69. The Morgan fingerprint density at radius 3 is 2.55 bits per heavy atom. The van der Waals surface area contributed by atoms with E-state index in [0.29, 0.717) is 29.2 Å². The number of aromatic nitrogens is 1. The van der Waals surface area contributed by atoms with Crippen LogP contribution in [0.4, 0.5) is 15.8 Å². The zero-order valence-electron chi connectivity index (χ0n) is 25.4. The Morgan fingerprint density at radius 2 is 1.89 bits per heavy atom. The Bertz CT molecular complexity index is 1640. The number of pyridine rings is 1. The molecule has 2 N–H and O–H groups in total. The maximum absolute atomic E-state index is 16.0. The zero-order chi connectivity index (χ0) is 32.0. The Labute approximate surface area is 260 Å². The number of carbonyl (C=O) groups excluding carboxylic acids is 3. The van der Waals surface area contributed by atoms with Crippen molar-refractivity contribution >= 4 is 40.8 Å². The summed E-state index contributed by atoms with van der Waals surface area (Å²) in [5, 5.41) is 5.82. The summed E-state index contributed by atoms with van der Waals surface area (Å²) in [5.74, 6) is -3.63. The SMILES string of the molecule is COC(=O)c1ccc(NC(=O)[C@@H]2C[C@@H](CC(C)(C)C)[C@@]3(C(=O)Nc4cc(OC)ncc43)[C@H]2c2cccc(Cl)c2F)c(OC)c1. The van der Waals surface area contributed by atoms with Gasteiger partial charge in [-0.05, 0) is 54.0 Å². The van der Waals surface area contributed by atoms with E-state index in [0.717, 1.165) is 0 Å². The lowest BCUT2D eigenvalue weighted by molar-refractivity contribution is -0.123. The van der Waals surface area contributed by atoms with Gasteiger partial charge in [-0.15, -0.1) is 0 Å². The number of benzene rings is 2. The molecule has 9 nitrogen and oxygen atoms in total. The highest BCUT2D eigenvalue weighted by molar-refractivity contribution is 6.30. The van der Waals surface area contributed by atoms with Gasteiger partial charge in [0.1, 0.15) is 11.6 Å². The molecular weight excluding hydrogens is 589 g/mol. The number of rotatable bonds is 7. The lowest BCUT2D eigenvalue weighted by Crippen LogP contribution is -2.45. The van der Waals surface area contributed by atoms with Gasteiger partial charge in [0.2, 0.25) is 17.7 Å². The van der Waals surface area contributed by atoms with Crippen LogP contribution >= 0.6 is 11.6 Å². The molecule has 2 amide bonds. The summed E-state index contributed by atoms with van der Waals surface area (Å²) in [5.41, 5.74) is 0.234. The first-order chi connectivity index (χ1) is 20.8. The maximum Gasteiger partial charge on any atom is 0.337 e. The molecule has 1 fully saturated rings. The average Bonchev–Trinajstić information content (AvgIpc) is 3.47. The van der Waals surface area contributed by atoms with Crippen molar-refractivity contribution in [2.45, 2.75) is 44.9 Å². The van der Waals surface area contributed by atoms with Crippen molar-refractivity contribution < 1.29 is 33.0 Å². The van der Waals surface area contributed by atoms with E-state index >= 15 is 4.39 Å². The highest BCUT2D eigenvalue weighted by Crippen LogP contribution is 2.64. The number of anilines is 2. The monoisotopic (exact) mass is 623 g/mol. The highest BCUT2D eigenvalue weighted by atomic mass is 35.5. The first kappa shape index (κ1) is 31.3. The molecule has 1 aliphatic heterocycles. The van der Waals surface area contributed by atoms with E-state index in [2.05, 4.69) is 36.4 Å². The van der Waals surface area contributed by atoms with Gasteiger partial charge in [0.25, 0.3) is 0 Å². The molecule has 1 aromatic heterocycles. The number of nitrogens with zero attached hydrogens (tertiary/aromatic N) is 1.